The number of amides is 1. The summed E-state index contributed by atoms with van der Waals surface area (Å²) in [6.07, 6.45) is 2.48. The van der Waals surface area contributed by atoms with Crippen LogP contribution in [0.1, 0.15) is 52.8 Å². The average molecular weight is 414 g/mol. The van der Waals surface area contributed by atoms with E-state index >= 15 is 0 Å². The highest BCUT2D eigenvalue weighted by atomic mass is 31.2. The van der Waals surface area contributed by atoms with Crippen molar-refractivity contribution in [3.05, 3.63) is 42.2 Å². The Morgan fingerprint density at radius 3 is 2.36 bits per heavy atom. The van der Waals surface area contributed by atoms with E-state index in [1.54, 1.807) is 59.9 Å². The van der Waals surface area contributed by atoms with Gasteiger partial charge in [-0.3, -0.25) is 18.6 Å². The Morgan fingerprint density at radius 2 is 1.82 bits per heavy atom. The summed E-state index contributed by atoms with van der Waals surface area (Å²) in [7, 11) is -3.85. The minimum atomic E-state index is -3.85. The number of phosphoric ester groups is 1. The van der Waals surface area contributed by atoms with Gasteiger partial charge in [-0.15, -0.1) is 0 Å². The molecule has 1 amide bonds. The fraction of sp³-hybridized carbons (Fsp3) is 0.579. The molecule has 0 saturated heterocycles. The number of ether oxygens (including phenoxy) is 1. The van der Waals surface area contributed by atoms with Gasteiger partial charge in [-0.2, -0.15) is 0 Å². The van der Waals surface area contributed by atoms with E-state index in [1.165, 1.54) is 6.08 Å². The van der Waals surface area contributed by atoms with Crippen LogP contribution in [0.2, 0.25) is 0 Å². The van der Waals surface area contributed by atoms with Crippen LogP contribution < -0.4 is 5.32 Å². The fourth-order valence-electron chi connectivity index (χ4n) is 1.99. The maximum Gasteiger partial charge on any atom is 0.476 e. The number of phosphoric acid groups is 1. The van der Waals surface area contributed by atoms with Crippen molar-refractivity contribution in [1.29, 1.82) is 0 Å². The molecular formula is C19H31N2O6P. The normalized spacial score (nSPS) is 12.5. The van der Waals surface area contributed by atoms with Gasteiger partial charge in [-0.25, -0.2) is 9.36 Å². The topological polar surface area (TPSA) is 96.0 Å². The number of aromatic nitrogens is 1. The first-order chi connectivity index (χ1) is 12.8. The largest absolute Gasteiger partial charge is 0.476 e. The summed E-state index contributed by atoms with van der Waals surface area (Å²) in [5, 5.41) is 2.59. The number of pyridine rings is 1. The zero-order chi connectivity index (χ0) is 21.4. The lowest BCUT2D eigenvalue weighted by Gasteiger charge is -2.31. The molecule has 9 heteroatoms. The lowest BCUT2D eigenvalue weighted by Crippen LogP contribution is -2.26. The molecule has 0 aromatic carbocycles. The fourth-order valence-corrected chi connectivity index (χ4v) is 3.78. The maximum atomic E-state index is 13.1. The van der Waals surface area contributed by atoms with Crippen LogP contribution in [0.5, 0.6) is 0 Å². The van der Waals surface area contributed by atoms with Gasteiger partial charge >= 0.3 is 13.9 Å². The molecule has 0 bridgehead atoms. The van der Waals surface area contributed by atoms with E-state index in [9.17, 15) is 9.36 Å². The minimum Gasteiger partial charge on any atom is -0.445 e. The van der Waals surface area contributed by atoms with Crippen LogP contribution >= 0.6 is 7.82 Å². The summed E-state index contributed by atoms with van der Waals surface area (Å²) < 4.78 is 34.8. The first-order valence-electron chi connectivity index (χ1n) is 8.94. The van der Waals surface area contributed by atoms with Gasteiger partial charge in [-0.1, -0.05) is 18.7 Å². The molecule has 28 heavy (non-hydrogen) atoms. The van der Waals surface area contributed by atoms with Crippen molar-refractivity contribution in [2.75, 3.05) is 6.61 Å². The maximum absolute atomic E-state index is 13.1. The van der Waals surface area contributed by atoms with Gasteiger partial charge in [0.25, 0.3) is 0 Å². The highest BCUT2D eigenvalue weighted by molar-refractivity contribution is 7.48. The summed E-state index contributed by atoms with van der Waals surface area (Å²) in [5.74, 6) is 0. The third kappa shape index (κ3) is 9.99. The van der Waals surface area contributed by atoms with Crippen LogP contribution in [0.3, 0.4) is 0 Å². The van der Waals surface area contributed by atoms with E-state index in [0.717, 1.165) is 0 Å². The number of nitrogens with zero attached hydrogens (tertiary/aromatic N) is 1. The Morgan fingerprint density at radius 1 is 1.21 bits per heavy atom. The average Bonchev–Trinajstić information content (AvgIpc) is 2.53. The summed E-state index contributed by atoms with van der Waals surface area (Å²) in [6.45, 7) is 14.3. The van der Waals surface area contributed by atoms with Crippen molar-refractivity contribution in [1.82, 2.24) is 10.3 Å². The second kappa shape index (κ2) is 10.2. The summed E-state index contributed by atoms with van der Waals surface area (Å²) >= 11 is 0. The zero-order valence-electron chi connectivity index (χ0n) is 17.5. The van der Waals surface area contributed by atoms with Crippen LogP contribution in [0.4, 0.5) is 4.79 Å². The van der Waals surface area contributed by atoms with Crippen molar-refractivity contribution < 1.29 is 27.7 Å². The first kappa shape index (κ1) is 24.3. The Kier molecular flexibility index (Phi) is 8.82. The predicted octanol–water partition coefficient (Wildman–Crippen LogP) is 4.75. The standard InChI is InChI=1S/C19H31N2O6P/c1-8-12-24-17(22)21-13-16-15(10-9-11-20-16)14-25-28(23,26-18(2,3)4)27-19(5,6)7/h8-11H,1,12-14H2,2-7H3,(H,21,22). The van der Waals surface area contributed by atoms with Gasteiger partial charge in [0, 0.05) is 11.8 Å². The molecule has 0 spiro atoms. The molecule has 1 aromatic rings. The van der Waals surface area contributed by atoms with E-state index in [-0.39, 0.29) is 19.8 Å². The molecule has 158 valence electrons. The van der Waals surface area contributed by atoms with Crippen LogP contribution in [-0.2, 0) is 36.0 Å². The minimum absolute atomic E-state index is 0.0595. The van der Waals surface area contributed by atoms with Gasteiger partial charge in [0.15, 0.2) is 0 Å². The van der Waals surface area contributed by atoms with Gasteiger partial charge < -0.3 is 10.1 Å². The molecule has 1 N–H and O–H groups in total. The first-order valence-corrected chi connectivity index (χ1v) is 10.4. The molecule has 8 nitrogen and oxygen atoms in total. The molecular weight excluding hydrogens is 383 g/mol. The third-order valence-corrected chi connectivity index (χ3v) is 4.85. The SMILES string of the molecule is C=CCOC(=O)NCc1ncccc1COP(=O)(OC(C)(C)C)OC(C)(C)C. The van der Waals surface area contributed by atoms with Crippen LogP contribution in [0.25, 0.3) is 0 Å². The lowest BCUT2D eigenvalue weighted by atomic mass is 10.2. The molecule has 1 aromatic heterocycles. The number of carbonyl (C=O) groups is 1. The van der Waals surface area contributed by atoms with E-state index < -0.39 is 25.1 Å². The molecule has 0 radical (unpaired) electrons. The Hall–Kier alpha value is -1.73. The molecule has 0 unspecified atom stereocenters. The van der Waals surface area contributed by atoms with Crippen LogP contribution in [-0.4, -0.2) is 28.9 Å². The van der Waals surface area contributed by atoms with Crippen molar-refractivity contribution >= 4 is 13.9 Å². The molecule has 0 fully saturated rings. The molecule has 0 atom stereocenters. The zero-order valence-corrected chi connectivity index (χ0v) is 18.4. The number of hydrogen-bond acceptors (Lipinski definition) is 7. The smallest absolute Gasteiger partial charge is 0.445 e. The second-order valence-electron chi connectivity index (χ2n) is 7.98. The number of rotatable bonds is 9. The number of nitrogens with one attached hydrogen (secondary N) is 1. The Balaban J connectivity index is 2.86. The van der Waals surface area contributed by atoms with Crippen LogP contribution in [0.15, 0.2) is 31.0 Å². The van der Waals surface area contributed by atoms with Gasteiger partial charge in [0.2, 0.25) is 0 Å². The molecule has 0 aliphatic carbocycles. The van der Waals surface area contributed by atoms with Gasteiger partial charge in [0.1, 0.15) is 6.61 Å². The van der Waals surface area contributed by atoms with Crippen molar-refractivity contribution in [2.45, 2.75) is 65.9 Å². The van der Waals surface area contributed by atoms with Gasteiger partial charge in [-0.05, 0) is 47.6 Å². The van der Waals surface area contributed by atoms with Crippen LogP contribution in [0, 0.1) is 0 Å². The van der Waals surface area contributed by atoms with E-state index in [1.807, 2.05) is 0 Å². The van der Waals surface area contributed by atoms with E-state index in [2.05, 4.69) is 16.9 Å². The molecule has 1 heterocycles. The lowest BCUT2D eigenvalue weighted by molar-refractivity contribution is 0.000737. The molecule has 1 rings (SSSR count). The Bertz CT molecular complexity index is 689. The molecule has 0 aliphatic rings. The van der Waals surface area contributed by atoms with Crippen molar-refractivity contribution in [3.63, 3.8) is 0 Å². The monoisotopic (exact) mass is 414 g/mol. The van der Waals surface area contributed by atoms with Crippen molar-refractivity contribution in [2.24, 2.45) is 0 Å². The third-order valence-electron chi connectivity index (χ3n) is 2.87. The predicted molar refractivity (Wildman–Crippen MR) is 107 cm³/mol. The van der Waals surface area contributed by atoms with Gasteiger partial charge in [0.05, 0.1) is 30.0 Å². The quantitative estimate of drug-likeness (QED) is 0.460. The summed E-state index contributed by atoms with van der Waals surface area (Å²) in [5.41, 5.74) is -0.262. The Labute approximate surface area is 167 Å². The second-order valence-corrected chi connectivity index (χ2v) is 9.50. The molecule has 0 saturated carbocycles. The van der Waals surface area contributed by atoms with E-state index in [4.69, 9.17) is 18.3 Å². The van der Waals surface area contributed by atoms with E-state index in [0.29, 0.717) is 11.3 Å². The summed E-state index contributed by atoms with van der Waals surface area (Å²) in [4.78, 5) is 15.8. The van der Waals surface area contributed by atoms with Crippen molar-refractivity contribution in [3.8, 4) is 0 Å². The molecule has 0 aliphatic heterocycles. The summed E-state index contributed by atoms with van der Waals surface area (Å²) in [6, 6.07) is 3.48. The number of alkyl carbamates (subject to hydrolysis) is 1. The highest BCUT2D eigenvalue weighted by Gasteiger charge is 2.37. The highest BCUT2D eigenvalue weighted by Crippen LogP contribution is 2.55. The number of carbonyl (C=O) groups excluding carboxylic acids is 1. The number of hydrogen-bond donors (Lipinski definition) is 1.